The Bertz CT molecular complexity index is 896. The molecule has 1 atom stereocenters. The summed E-state index contributed by atoms with van der Waals surface area (Å²) in [6.07, 6.45) is 0.682. The Morgan fingerprint density at radius 1 is 1.14 bits per heavy atom. The number of ether oxygens (including phenoxy) is 1. The van der Waals surface area contributed by atoms with Gasteiger partial charge in [-0.25, -0.2) is 0 Å². The van der Waals surface area contributed by atoms with E-state index in [0.29, 0.717) is 40.0 Å². The lowest BCUT2D eigenvalue weighted by Gasteiger charge is -2.05. The average molecular weight is 422 g/mol. The van der Waals surface area contributed by atoms with Crippen molar-refractivity contribution < 1.29 is 14.1 Å². The molecule has 6 nitrogen and oxygen atoms in total. The molecule has 28 heavy (non-hydrogen) atoms. The van der Waals surface area contributed by atoms with Crippen LogP contribution in [-0.4, -0.2) is 29.0 Å². The van der Waals surface area contributed by atoms with E-state index in [1.54, 1.807) is 48.5 Å². The summed E-state index contributed by atoms with van der Waals surface area (Å²) in [7, 11) is 1.89. The third-order valence-electron chi connectivity index (χ3n) is 4.08. The number of nitrogens with one attached hydrogen (secondary N) is 1. The number of hydrogen-bond acceptors (Lipinski definition) is 6. The third kappa shape index (κ3) is 5.79. The van der Waals surface area contributed by atoms with Crippen LogP contribution in [0, 0.1) is 0 Å². The van der Waals surface area contributed by atoms with Gasteiger partial charge in [0, 0.05) is 28.6 Å². The maximum Gasteiger partial charge on any atom is 0.264 e. The van der Waals surface area contributed by atoms with E-state index in [2.05, 4.69) is 15.5 Å². The summed E-state index contributed by atoms with van der Waals surface area (Å²) in [4.78, 5) is 16.7. The highest BCUT2D eigenvalue weighted by atomic mass is 35.5. The number of aromatic nitrogens is 2. The van der Waals surface area contributed by atoms with Crippen molar-refractivity contribution >= 4 is 29.8 Å². The third-order valence-corrected chi connectivity index (χ3v) is 4.33. The topological polar surface area (TPSA) is 77.3 Å². The van der Waals surface area contributed by atoms with E-state index in [-0.39, 0.29) is 30.8 Å². The Morgan fingerprint density at radius 3 is 2.36 bits per heavy atom. The van der Waals surface area contributed by atoms with E-state index in [1.165, 1.54) is 0 Å². The second-order valence-electron chi connectivity index (χ2n) is 6.15. The number of carbonyl (C=O) groups excluding carboxylic acids is 1. The van der Waals surface area contributed by atoms with E-state index in [0.717, 1.165) is 0 Å². The van der Waals surface area contributed by atoms with Crippen molar-refractivity contribution in [1.29, 1.82) is 0 Å². The number of halogens is 2. The van der Waals surface area contributed by atoms with E-state index >= 15 is 0 Å². The highest BCUT2D eigenvalue weighted by Gasteiger charge is 2.11. The summed E-state index contributed by atoms with van der Waals surface area (Å²) in [6.45, 7) is 2.21. The lowest BCUT2D eigenvalue weighted by atomic mass is 10.0. The Kier molecular flexibility index (Phi) is 7.99. The predicted molar refractivity (Wildman–Crippen MR) is 109 cm³/mol. The van der Waals surface area contributed by atoms with Crippen LogP contribution < -0.4 is 10.1 Å². The van der Waals surface area contributed by atoms with Crippen LogP contribution in [0.5, 0.6) is 5.75 Å². The maximum absolute atomic E-state index is 12.4. The van der Waals surface area contributed by atoms with E-state index in [1.807, 2.05) is 14.0 Å². The number of likely N-dealkylation sites (N-methyl/N-ethyl adjacent to an activating group) is 1. The number of hydrogen-bond donors (Lipinski definition) is 1. The van der Waals surface area contributed by atoms with Gasteiger partial charge >= 0.3 is 0 Å². The van der Waals surface area contributed by atoms with Crippen LogP contribution in [0.25, 0.3) is 0 Å². The Hall–Kier alpha value is -2.41. The second-order valence-corrected chi connectivity index (χ2v) is 6.58. The van der Waals surface area contributed by atoms with Gasteiger partial charge in [-0.2, -0.15) is 4.98 Å². The van der Waals surface area contributed by atoms with E-state index < -0.39 is 0 Å². The van der Waals surface area contributed by atoms with Crippen molar-refractivity contribution in [2.45, 2.75) is 26.0 Å². The maximum atomic E-state index is 12.4. The lowest BCUT2D eigenvalue weighted by molar-refractivity contribution is 0.103. The van der Waals surface area contributed by atoms with Gasteiger partial charge in [0.1, 0.15) is 5.75 Å². The molecule has 0 aliphatic rings. The molecular weight excluding hydrogens is 401 g/mol. The minimum Gasteiger partial charge on any atom is -0.484 e. The fourth-order valence-electron chi connectivity index (χ4n) is 2.42. The minimum absolute atomic E-state index is 0. The molecule has 1 unspecified atom stereocenters. The van der Waals surface area contributed by atoms with Crippen LogP contribution in [-0.2, 0) is 13.0 Å². The molecule has 0 aliphatic carbocycles. The molecule has 0 bridgehead atoms. The highest BCUT2D eigenvalue weighted by Crippen LogP contribution is 2.18. The van der Waals surface area contributed by atoms with Gasteiger partial charge in [0.15, 0.2) is 18.2 Å². The Balaban J connectivity index is 0.00000280. The van der Waals surface area contributed by atoms with Gasteiger partial charge in [-0.1, -0.05) is 16.8 Å². The van der Waals surface area contributed by atoms with Crippen molar-refractivity contribution in [2.75, 3.05) is 7.05 Å². The summed E-state index contributed by atoms with van der Waals surface area (Å²) >= 11 is 5.85. The van der Waals surface area contributed by atoms with Gasteiger partial charge in [-0.05, 0) is 62.5 Å². The van der Waals surface area contributed by atoms with Crippen LogP contribution in [0.2, 0.25) is 5.02 Å². The normalized spacial score (nSPS) is 11.5. The number of nitrogens with zero attached hydrogens (tertiary/aromatic N) is 2. The van der Waals surface area contributed by atoms with Crippen LogP contribution in [0.4, 0.5) is 0 Å². The zero-order valence-electron chi connectivity index (χ0n) is 15.5. The van der Waals surface area contributed by atoms with Gasteiger partial charge < -0.3 is 14.6 Å². The predicted octanol–water partition coefficient (Wildman–Crippen LogP) is 4.11. The van der Waals surface area contributed by atoms with Crippen molar-refractivity contribution in [2.24, 2.45) is 0 Å². The molecule has 8 heteroatoms. The first-order valence-corrected chi connectivity index (χ1v) is 8.95. The molecule has 1 N–H and O–H groups in total. The van der Waals surface area contributed by atoms with E-state index in [4.69, 9.17) is 20.9 Å². The summed E-state index contributed by atoms with van der Waals surface area (Å²) in [5, 5.41) is 7.65. The van der Waals surface area contributed by atoms with Gasteiger partial charge in [0.05, 0.1) is 0 Å². The fourth-order valence-corrected chi connectivity index (χ4v) is 2.55. The smallest absolute Gasteiger partial charge is 0.264 e. The first-order chi connectivity index (χ1) is 13.0. The number of rotatable bonds is 8. The van der Waals surface area contributed by atoms with Crippen molar-refractivity contribution in [3.05, 3.63) is 76.4 Å². The van der Waals surface area contributed by atoms with Crippen LogP contribution in [0.3, 0.4) is 0 Å². The van der Waals surface area contributed by atoms with Gasteiger partial charge in [-0.15, -0.1) is 12.4 Å². The summed E-state index contributed by atoms with van der Waals surface area (Å²) in [5.74, 6) is 1.60. The monoisotopic (exact) mass is 421 g/mol. The average Bonchev–Trinajstić information content (AvgIpc) is 3.14. The molecule has 2 aromatic carbocycles. The standard InChI is InChI=1S/C20H20ClN3O3.ClH/c1-13(22-2)11-18-23-19(27-24-18)12-26-17-9-5-15(6-10-17)20(25)14-3-7-16(21)8-4-14;/h3-10,13,22H,11-12H2,1-2H3;1H. The highest BCUT2D eigenvalue weighted by molar-refractivity contribution is 6.30. The molecule has 0 fully saturated rings. The molecule has 0 aliphatic heterocycles. The van der Waals surface area contributed by atoms with Gasteiger partial charge in [0.2, 0.25) is 0 Å². The Morgan fingerprint density at radius 2 is 1.75 bits per heavy atom. The molecule has 148 valence electrons. The zero-order chi connectivity index (χ0) is 19.2. The molecule has 0 radical (unpaired) electrons. The molecule has 1 aromatic heterocycles. The van der Waals surface area contributed by atoms with Crippen molar-refractivity contribution in [3.8, 4) is 5.75 Å². The summed E-state index contributed by atoms with van der Waals surface area (Å²) < 4.78 is 10.8. The molecule has 0 saturated carbocycles. The number of carbonyl (C=O) groups is 1. The van der Waals surface area contributed by atoms with Crippen molar-refractivity contribution in [1.82, 2.24) is 15.5 Å². The Labute approximate surface area is 174 Å². The van der Waals surface area contributed by atoms with E-state index in [9.17, 15) is 4.79 Å². The van der Waals surface area contributed by atoms with Crippen LogP contribution in [0.1, 0.15) is 34.6 Å². The summed E-state index contributed by atoms with van der Waals surface area (Å²) in [5.41, 5.74) is 1.16. The molecular formula is C20H21Cl2N3O3. The molecule has 1 heterocycles. The molecule has 0 saturated heterocycles. The van der Waals surface area contributed by atoms with Gasteiger partial charge in [-0.3, -0.25) is 4.79 Å². The lowest BCUT2D eigenvalue weighted by Crippen LogP contribution is -2.24. The number of benzene rings is 2. The fraction of sp³-hybridized carbons (Fsp3) is 0.250. The van der Waals surface area contributed by atoms with Crippen LogP contribution >= 0.6 is 24.0 Å². The molecule has 3 aromatic rings. The minimum atomic E-state index is -0.0709. The quantitative estimate of drug-likeness (QED) is 0.551. The second kappa shape index (κ2) is 10.2. The largest absolute Gasteiger partial charge is 0.484 e. The van der Waals surface area contributed by atoms with Gasteiger partial charge in [0.25, 0.3) is 5.89 Å². The first kappa shape index (κ1) is 21.9. The summed E-state index contributed by atoms with van der Waals surface area (Å²) in [6, 6.07) is 14.0. The zero-order valence-corrected chi connectivity index (χ0v) is 17.1. The first-order valence-electron chi connectivity index (χ1n) is 8.57. The molecule has 3 rings (SSSR count). The molecule has 0 amide bonds. The molecule has 0 spiro atoms. The number of ketones is 1. The van der Waals surface area contributed by atoms with Crippen molar-refractivity contribution in [3.63, 3.8) is 0 Å². The van der Waals surface area contributed by atoms with Crippen LogP contribution in [0.15, 0.2) is 53.1 Å². The SMILES string of the molecule is CNC(C)Cc1noc(COc2ccc(C(=O)c3ccc(Cl)cc3)cc2)n1.Cl.